The molecule has 0 bridgehead atoms. The molecule has 0 saturated heterocycles. The molecular formula is C54H42N2. The summed E-state index contributed by atoms with van der Waals surface area (Å²) in [6, 6.07) is 54.6. The van der Waals surface area contributed by atoms with E-state index in [0.717, 1.165) is 52.3 Å². The van der Waals surface area contributed by atoms with Gasteiger partial charge in [-0.1, -0.05) is 183 Å². The first-order valence-corrected chi connectivity index (χ1v) is 19.5. The van der Waals surface area contributed by atoms with Crippen LogP contribution >= 0.6 is 0 Å². The third-order valence-electron chi connectivity index (χ3n) is 10.9. The van der Waals surface area contributed by atoms with Gasteiger partial charge < -0.3 is 0 Å². The first-order valence-electron chi connectivity index (χ1n) is 19.5. The lowest BCUT2D eigenvalue weighted by Gasteiger charge is -2.19. The highest BCUT2D eigenvalue weighted by molar-refractivity contribution is 6.10. The SMILES string of the molecule is C=C/C=C\C(=C/C)c1cccc(-c2cc(-c3ccccc3)nc(Cc3cccc(-c4c5c(c(-c6cccc7ccccc67)c6ccccc46)=CCCC=5)c3)n2)c1. The van der Waals surface area contributed by atoms with Crippen LogP contribution in [-0.4, -0.2) is 9.97 Å². The number of hydrogen-bond acceptors (Lipinski definition) is 2. The van der Waals surface area contributed by atoms with Crippen LogP contribution in [0.3, 0.4) is 0 Å². The summed E-state index contributed by atoms with van der Waals surface area (Å²) in [6.07, 6.45) is 15.6. The zero-order valence-electron chi connectivity index (χ0n) is 31.6. The number of fused-ring (bicyclic) bond motifs is 3. The van der Waals surface area contributed by atoms with Crippen LogP contribution in [0.5, 0.6) is 0 Å². The molecule has 0 aliphatic heterocycles. The molecule has 0 atom stereocenters. The van der Waals surface area contributed by atoms with E-state index in [2.05, 4.69) is 183 Å². The van der Waals surface area contributed by atoms with Crippen LogP contribution in [0.15, 0.2) is 183 Å². The molecule has 0 spiro atoms. The van der Waals surface area contributed by atoms with E-state index in [1.807, 2.05) is 12.1 Å². The third kappa shape index (κ3) is 6.71. The second-order valence-electron chi connectivity index (χ2n) is 14.4. The molecular weight excluding hydrogens is 677 g/mol. The number of allylic oxidation sites excluding steroid dienone is 5. The second-order valence-corrected chi connectivity index (χ2v) is 14.4. The fourth-order valence-electron chi connectivity index (χ4n) is 8.29. The van der Waals surface area contributed by atoms with Crippen molar-refractivity contribution in [1.82, 2.24) is 9.97 Å². The molecule has 268 valence electrons. The molecule has 1 heterocycles. The van der Waals surface area contributed by atoms with Gasteiger partial charge in [0.1, 0.15) is 5.82 Å². The van der Waals surface area contributed by atoms with Gasteiger partial charge in [-0.2, -0.15) is 0 Å². The van der Waals surface area contributed by atoms with Crippen molar-refractivity contribution in [3.8, 4) is 44.8 Å². The first kappa shape index (κ1) is 34.8. The van der Waals surface area contributed by atoms with E-state index in [0.29, 0.717) is 6.42 Å². The molecule has 1 aliphatic rings. The largest absolute Gasteiger partial charge is 0.233 e. The molecule has 7 aromatic carbocycles. The Balaban J connectivity index is 1.17. The van der Waals surface area contributed by atoms with Crippen LogP contribution in [0, 0.1) is 0 Å². The number of nitrogens with zero attached hydrogens (tertiary/aromatic N) is 2. The fraction of sp³-hybridized carbons (Fsp3) is 0.0741. The molecule has 0 unspecified atom stereocenters. The van der Waals surface area contributed by atoms with Crippen LogP contribution in [0.1, 0.15) is 36.7 Å². The maximum atomic E-state index is 5.23. The van der Waals surface area contributed by atoms with E-state index in [1.165, 1.54) is 59.8 Å². The quantitative estimate of drug-likeness (QED) is 0.139. The average Bonchev–Trinajstić information content (AvgIpc) is 3.26. The summed E-state index contributed by atoms with van der Waals surface area (Å²) in [7, 11) is 0. The van der Waals surface area contributed by atoms with Crippen LogP contribution in [0.25, 0.3) is 84.0 Å². The maximum absolute atomic E-state index is 5.23. The standard InChI is InChI=1S/C54H42N2/c1-3-5-19-38(4-2)41-24-16-25-42(35-41)51-36-50(40-21-7-6-8-22-40)55-52(56-51)34-37-18-15-26-43(33-37)53-46-28-11-13-30-48(46)54(49-31-14-12-29-47(49)53)45-32-17-23-39-20-9-10-27-44(39)45/h3-11,13,15-33,35-36H,1,12,14,34H2,2H3/b19-5-,38-4+. The van der Waals surface area contributed by atoms with Crippen LogP contribution < -0.4 is 10.4 Å². The second kappa shape index (κ2) is 15.5. The summed E-state index contributed by atoms with van der Waals surface area (Å²) in [6.45, 7) is 5.92. The van der Waals surface area contributed by atoms with Gasteiger partial charge in [-0.3, -0.25) is 0 Å². The topological polar surface area (TPSA) is 25.8 Å². The van der Waals surface area contributed by atoms with E-state index in [-0.39, 0.29) is 0 Å². The number of benzene rings is 7. The first-order chi connectivity index (χ1) is 27.7. The van der Waals surface area contributed by atoms with Crippen molar-refractivity contribution in [2.75, 3.05) is 0 Å². The van der Waals surface area contributed by atoms with Gasteiger partial charge in [0.25, 0.3) is 0 Å². The van der Waals surface area contributed by atoms with Crippen molar-refractivity contribution in [1.29, 1.82) is 0 Å². The van der Waals surface area contributed by atoms with Gasteiger partial charge in [0.2, 0.25) is 0 Å². The minimum atomic E-state index is 0.605. The monoisotopic (exact) mass is 718 g/mol. The van der Waals surface area contributed by atoms with Crippen molar-refractivity contribution in [2.24, 2.45) is 0 Å². The minimum absolute atomic E-state index is 0.605. The molecule has 56 heavy (non-hydrogen) atoms. The highest BCUT2D eigenvalue weighted by atomic mass is 14.9. The predicted octanol–water partition coefficient (Wildman–Crippen LogP) is 12.5. The van der Waals surface area contributed by atoms with E-state index in [4.69, 9.17) is 9.97 Å². The minimum Gasteiger partial charge on any atom is -0.233 e. The van der Waals surface area contributed by atoms with Crippen LogP contribution in [-0.2, 0) is 6.42 Å². The molecule has 0 radical (unpaired) electrons. The van der Waals surface area contributed by atoms with Gasteiger partial charge in [-0.25, -0.2) is 9.97 Å². The number of hydrogen-bond donors (Lipinski definition) is 0. The Bertz CT molecular complexity index is 2960. The van der Waals surface area contributed by atoms with Crippen molar-refractivity contribution in [3.63, 3.8) is 0 Å². The summed E-state index contributed by atoms with van der Waals surface area (Å²) in [4.78, 5) is 10.4. The zero-order chi connectivity index (χ0) is 37.8. The van der Waals surface area contributed by atoms with Crippen molar-refractivity contribution >= 4 is 39.3 Å². The van der Waals surface area contributed by atoms with Gasteiger partial charge >= 0.3 is 0 Å². The van der Waals surface area contributed by atoms with Crippen LogP contribution in [0.2, 0.25) is 0 Å². The fourth-order valence-corrected chi connectivity index (χ4v) is 8.29. The van der Waals surface area contributed by atoms with Gasteiger partial charge in [0.05, 0.1) is 11.4 Å². The van der Waals surface area contributed by atoms with Gasteiger partial charge in [0.15, 0.2) is 0 Å². The van der Waals surface area contributed by atoms with E-state index < -0.39 is 0 Å². The van der Waals surface area contributed by atoms with Crippen molar-refractivity contribution in [3.05, 3.63) is 210 Å². The molecule has 1 aliphatic carbocycles. The number of rotatable bonds is 9. The molecule has 8 aromatic rings. The summed E-state index contributed by atoms with van der Waals surface area (Å²) >= 11 is 0. The maximum Gasteiger partial charge on any atom is 0.134 e. The Hall–Kier alpha value is -6.90. The third-order valence-corrected chi connectivity index (χ3v) is 10.9. The van der Waals surface area contributed by atoms with Gasteiger partial charge in [0, 0.05) is 17.5 Å². The highest BCUT2D eigenvalue weighted by Gasteiger charge is 2.18. The summed E-state index contributed by atoms with van der Waals surface area (Å²) in [5, 5.41) is 7.75. The van der Waals surface area contributed by atoms with E-state index in [9.17, 15) is 0 Å². The molecule has 0 amide bonds. The lowest BCUT2D eigenvalue weighted by atomic mass is 9.85. The average molecular weight is 719 g/mol. The molecule has 0 N–H and O–H groups in total. The zero-order valence-corrected chi connectivity index (χ0v) is 31.6. The predicted molar refractivity (Wildman–Crippen MR) is 238 cm³/mol. The molecule has 1 aromatic heterocycles. The summed E-state index contributed by atoms with van der Waals surface area (Å²) in [5.41, 5.74) is 12.5. The highest BCUT2D eigenvalue weighted by Crippen LogP contribution is 2.36. The van der Waals surface area contributed by atoms with Gasteiger partial charge in [-0.05, 0) is 103 Å². The Morgan fingerprint density at radius 2 is 1.21 bits per heavy atom. The Kier molecular flexibility index (Phi) is 9.61. The molecule has 2 nitrogen and oxygen atoms in total. The molecule has 9 rings (SSSR count). The van der Waals surface area contributed by atoms with E-state index in [1.54, 1.807) is 6.08 Å². The van der Waals surface area contributed by atoms with Crippen molar-refractivity contribution in [2.45, 2.75) is 26.2 Å². The lowest BCUT2D eigenvalue weighted by molar-refractivity contribution is 0.976. The Labute approximate surface area is 328 Å². The molecule has 0 saturated carbocycles. The number of aromatic nitrogens is 2. The normalized spacial score (nSPS) is 12.7. The molecule has 2 heteroatoms. The van der Waals surface area contributed by atoms with Gasteiger partial charge in [-0.15, -0.1) is 0 Å². The molecule has 0 fully saturated rings. The van der Waals surface area contributed by atoms with Crippen molar-refractivity contribution < 1.29 is 0 Å². The summed E-state index contributed by atoms with van der Waals surface area (Å²) in [5.74, 6) is 0.791. The smallest absolute Gasteiger partial charge is 0.134 e. The summed E-state index contributed by atoms with van der Waals surface area (Å²) < 4.78 is 0. The Morgan fingerprint density at radius 1 is 0.589 bits per heavy atom. The van der Waals surface area contributed by atoms with Crippen LogP contribution in [0.4, 0.5) is 0 Å². The van der Waals surface area contributed by atoms with E-state index >= 15 is 0 Å². The lowest BCUT2D eigenvalue weighted by Crippen LogP contribution is -2.31. The Morgan fingerprint density at radius 3 is 2.00 bits per heavy atom.